The molecular formula is C16H20N6O. The first-order valence-corrected chi connectivity index (χ1v) is 8.09. The fourth-order valence-electron chi connectivity index (χ4n) is 3.08. The van der Waals surface area contributed by atoms with E-state index in [0.717, 1.165) is 54.5 Å². The van der Waals surface area contributed by atoms with Crippen molar-refractivity contribution in [2.75, 3.05) is 18.0 Å². The Labute approximate surface area is 134 Å². The number of rotatable bonds is 3. The van der Waals surface area contributed by atoms with E-state index in [0.29, 0.717) is 11.8 Å². The van der Waals surface area contributed by atoms with Gasteiger partial charge in [-0.1, -0.05) is 19.0 Å². The summed E-state index contributed by atoms with van der Waals surface area (Å²) in [6.45, 7) is 6.01. The molecule has 3 aromatic heterocycles. The number of aromatic amines is 1. The van der Waals surface area contributed by atoms with Gasteiger partial charge in [0.2, 0.25) is 5.89 Å². The number of piperidine rings is 1. The third kappa shape index (κ3) is 2.56. The second kappa shape index (κ2) is 5.64. The highest BCUT2D eigenvalue weighted by atomic mass is 16.5. The molecule has 4 rings (SSSR count). The van der Waals surface area contributed by atoms with Crippen LogP contribution in [-0.4, -0.2) is 38.2 Å². The van der Waals surface area contributed by atoms with Crippen LogP contribution in [0, 0.1) is 0 Å². The van der Waals surface area contributed by atoms with Gasteiger partial charge in [0.25, 0.3) is 0 Å². The van der Waals surface area contributed by atoms with E-state index in [4.69, 9.17) is 4.52 Å². The number of anilines is 1. The summed E-state index contributed by atoms with van der Waals surface area (Å²) in [4.78, 5) is 18.8. The van der Waals surface area contributed by atoms with E-state index in [-0.39, 0.29) is 0 Å². The molecule has 0 spiro atoms. The predicted molar refractivity (Wildman–Crippen MR) is 86.5 cm³/mol. The summed E-state index contributed by atoms with van der Waals surface area (Å²) >= 11 is 0. The maximum absolute atomic E-state index is 5.45. The molecule has 0 aromatic carbocycles. The van der Waals surface area contributed by atoms with Crippen LogP contribution in [0.2, 0.25) is 0 Å². The summed E-state index contributed by atoms with van der Waals surface area (Å²) in [5.41, 5.74) is 1.96. The van der Waals surface area contributed by atoms with E-state index >= 15 is 0 Å². The minimum absolute atomic E-state index is 0.301. The van der Waals surface area contributed by atoms with Gasteiger partial charge in [-0.05, 0) is 18.9 Å². The zero-order valence-electron chi connectivity index (χ0n) is 13.4. The van der Waals surface area contributed by atoms with Crippen molar-refractivity contribution in [3.8, 4) is 0 Å². The highest BCUT2D eigenvalue weighted by Crippen LogP contribution is 2.31. The van der Waals surface area contributed by atoms with Gasteiger partial charge in [0.1, 0.15) is 11.8 Å². The van der Waals surface area contributed by atoms with Crippen molar-refractivity contribution in [2.45, 2.75) is 38.5 Å². The molecule has 0 saturated carbocycles. The van der Waals surface area contributed by atoms with Crippen LogP contribution in [0.4, 0.5) is 5.82 Å². The van der Waals surface area contributed by atoms with Gasteiger partial charge in [0, 0.05) is 31.1 Å². The van der Waals surface area contributed by atoms with Gasteiger partial charge in [-0.2, -0.15) is 4.98 Å². The van der Waals surface area contributed by atoms with Gasteiger partial charge in [-0.3, -0.25) is 0 Å². The lowest BCUT2D eigenvalue weighted by Gasteiger charge is -2.31. The van der Waals surface area contributed by atoms with Crippen molar-refractivity contribution in [1.82, 2.24) is 25.1 Å². The van der Waals surface area contributed by atoms with E-state index in [2.05, 4.69) is 43.8 Å². The Bertz CT molecular complexity index is 800. The van der Waals surface area contributed by atoms with Gasteiger partial charge >= 0.3 is 0 Å². The van der Waals surface area contributed by atoms with Crippen LogP contribution < -0.4 is 4.90 Å². The summed E-state index contributed by atoms with van der Waals surface area (Å²) in [6.07, 6.45) is 5.52. The zero-order valence-corrected chi connectivity index (χ0v) is 13.4. The monoisotopic (exact) mass is 312 g/mol. The van der Waals surface area contributed by atoms with Gasteiger partial charge < -0.3 is 14.4 Å². The topological polar surface area (TPSA) is 83.7 Å². The van der Waals surface area contributed by atoms with Crippen molar-refractivity contribution in [2.24, 2.45) is 0 Å². The van der Waals surface area contributed by atoms with E-state index in [9.17, 15) is 0 Å². The molecule has 1 N–H and O–H groups in total. The molecule has 1 saturated heterocycles. The molecule has 0 unspecified atom stereocenters. The maximum atomic E-state index is 5.45. The second-order valence-corrected chi connectivity index (χ2v) is 6.34. The average Bonchev–Trinajstić information content (AvgIpc) is 3.24. The molecular weight excluding hydrogens is 292 g/mol. The molecule has 1 fully saturated rings. The van der Waals surface area contributed by atoms with Crippen LogP contribution in [0.15, 0.2) is 23.1 Å². The molecule has 120 valence electrons. The summed E-state index contributed by atoms with van der Waals surface area (Å²) in [6, 6.07) is 1.97. The van der Waals surface area contributed by atoms with Crippen molar-refractivity contribution >= 4 is 16.9 Å². The van der Waals surface area contributed by atoms with Crippen molar-refractivity contribution < 1.29 is 4.52 Å². The third-order valence-corrected chi connectivity index (χ3v) is 4.44. The number of nitrogens with one attached hydrogen (secondary N) is 1. The van der Waals surface area contributed by atoms with Gasteiger partial charge in [0.05, 0.1) is 5.52 Å². The Kier molecular flexibility index (Phi) is 3.48. The Hall–Kier alpha value is -2.44. The highest BCUT2D eigenvalue weighted by molar-refractivity contribution is 5.85. The molecule has 4 heterocycles. The summed E-state index contributed by atoms with van der Waals surface area (Å²) in [5, 5.41) is 4.08. The Morgan fingerprint density at radius 2 is 2.09 bits per heavy atom. The molecule has 3 aromatic rings. The van der Waals surface area contributed by atoms with Crippen LogP contribution >= 0.6 is 0 Å². The summed E-state index contributed by atoms with van der Waals surface area (Å²) < 4.78 is 5.45. The molecule has 1 aliphatic heterocycles. The Balaban J connectivity index is 1.49. The molecule has 0 radical (unpaired) electrons. The van der Waals surface area contributed by atoms with Gasteiger partial charge in [0.15, 0.2) is 11.6 Å². The summed E-state index contributed by atoms with van der Waals surface area (Å²) in [5.74, 6) is 3.20. The van der Waals surface area contributed by atoms with Crippen molar-refractivity contribution in [3.05, 3.63) is 30.3 Å². The van der Waals surface area contributed by atoms with Gasteiger partial charge in [-0.15, -0.1) is 0 Å². The molecule has 0 bridgehead atoms. The smallest absolute Gasteiger partial charge is 0.229 e. The zero-order chi connectivity index (χ0) is 15.8. The first-order valence-electron chi connectivity index (χ1n) is 8.09. The maximum Gasteiger partial charge on any atom is 0.229 e. The van der Waals surface area contributed by atoms with Crippen LogP contribution in [0.1, 0.15) is 50.2 Å². The number of nitrogens with zero attached hydrogens (tertiary/aromatic N) is 5. The standard InChI is InChI=1S/C16H20N6O/c1-10(2)14-20-16(23-21-14)11-4-7-22(8-5-11)15-13-12(3-6-17-13)18-9-19-15/h3,6,9-11,17H,4-5,7-8H2,1-2H3. The number of hydrogen-bond acceptors (Lipinski definition) is 6. The predicted octanol–water partition coefficient (Wildman–Crippen LogP) is 2.85. The SMILES string of the molecule is CC(C)c1noc(C2CCN(c3ncnc4cc[nH]c34)CC2)n1. The van der Waals surface area contributed by atoms with E-state index in [1.165, 1.54) is 0 Å². The molecule has 7 nitrogen and oxygen atoms in total. The molecule has 7 heteroatoms. The average molecular weight is 312 g/mol. The minimum Gasteiger partial charge on any atom is -0.357 e. The van der Waals surface area contributed by atoms with Crippen LogP contribution in [0.25, 0.3) is 11.0 Å². The molecule has 0 aliphatic carbocycles. The number of hydrogen-bond donors (Lipinski definition) is 1. The quantitative estimate of drug-likeness (QED) is 0.800. The van der Waals surface area contributed by atoms with Crippen molar-refractivity contribution in [1.29, 1.82) is 0 Å². The fourth-order valence-corrected chi connectivity index (χ4v) is 3.08. The van der Waals surface area contributed by atoms with Gasteiger partial charge in [-0.25, -0.2) is 9.97 Å². The first-order chi connectivity index (χ1) is 11.2. The lowest BCUT2D eigenvalue weighted by Crippen LogP contribution is -2.33. The summed E-state index contributed by atoms with van der Waals surface area (Å²) in [7, 11) is 0. The van der Waals surface area contributed by atoms with Crippen LogP contribution in [0.3, 0.4) is 0 Å². The largest absolute Gasteiger partial charge is 0.357 e. The van der Waals surface area contributed by atoms with Crippen LogP contribution in [-0.2, 0) is 0 Å². The lowest BCUT2D eigenvalue weighted by molar-refractivity contribution is 0.326. The molecule has 0 atom stereocenters. The minimum atomic E-state index is 0.301. The Morgan fingerprint density at radius 3 is 2.83 bits per heavy atom. The normalized spacial score (nSPS) is 16.6. The lowest BCUT2D eigenvalue weighted by atomic mass is 9.96. The first kappa shape index (κ1) is 14.2. The molecule has 1 aliphatic rings. The highest BCUT2D eigenvalue weighted by Gasteiger charge is 2.27. The number of H-pyrrole nitrogens is 1. The molecule has 0 amide bonds. The van der Waals surface area contributed by atoms with Crippen LogP contribution in [0.5, 0.6) is 0 Å². The molecule has 23 heavy (non-hydrogen) atoms. The van der Waals surface area contributed by atoms with E-state index in [1.807, 2.05) is 12.3 Å². The number of aromatic nitrogens is 5. The van der Waals surface area contributed by atoms with E-state index < -0.39 is 0 Å². The second-order valence-electron chi connectivity index (χ2n) is 6.34. The van der Waals surface area contributed by atoms with Crippen molar-refractivity contribution in [3.63, 3.8) is 0 Å². The fraction of sp³-hybridized carbons (Fsp3) is 0.500. The third-order valence-electron chi connectivity index (χ3n) is 4.44. The Morgan fingerprint density at radius 1 is 1.26 bits per heavy atom. The number of fused-ring (bicyclic) bond motifs is 1. The van der Waals surface area contributed by atoms with E-state index in [1.54, 1.807) is 6.33 Å².